The molecule has 0 aliphatic carbocycles. The lowest BCUT2D eigenvalue weighted by Crippen LogP contribution is -2.48. The highest BCUT2D eigenvalue weighted by molar-refractivity contribution is 7.92. The number of nitrogens with zero attached hydrogens (tertiary/aromatic N) is 3. The lowest BCUT2D eigenvalue weighted by atomic mass is 10.2. The average molecular weight is 524 g/mol. The van der Waals surface area contributed by atoms with Crippen LogP contribution < -0.4 is 19.1 Å². The Balaban J connectivity index is 1.49. The number of fused-ring (bicyclic) bond motifs is 1. The molecule has 1 unspecified atom stereocenters. The van der Waals surface area contributed by atoms with Gasteiger partial charge in [-0.15, -0.1) is 0 Å². The summed E-state index contributed by atoms with van der Waals surface area (Å²) >= 11 is 5.98. The van der Waals surface area contributed by atoms with Gasteiger partial charge in [0.15, 0.2) is 6.10 Å². The van der Waals surface area contributed by atoms with E-state index in [9.17, 15) is 21.6 Å². The van der Waals surface area contributed by atoms with E-state index in [4.69, 9.17) is 16.3 Å². The van der Waals surface area contributed by atoms with Crippen molar-refractivity contribution in [2.45, 2.75) is 11.0 Å². The molecule has 1 aliphatic heterocycles. The van der Waals surface area contributed by atoms with Gasteiger partial charge in [0, 0.05) is 23.1 Å². The zero-order valence-corrected chi connectivity index (χ0v) is 19.9. The molecular weight excluding hydrogens is 506 g/mol. The van der Waals surface area contributed by atoms with Crippen molar-refractivity contribution in [2.24, 2.45) is 0 Å². The quantitative estimate of drug-likeness (QED) is 0.499. The van der Waals surface area contributed by atoms with Crippen molar-refractivity contribution in [3.63, 3.8) is 0 Å². The molecule has 34 heavy (non-hydrogen) atoms. The van der Waals surface area contributed by atoms with Crippen molar-refractivity contribution in [1.29, 1.82) is 0 Å². The predicted molar refractivity (Wildman–Crippen MR) is 126 cm³/mol. The molecule has 14 heteroatoms. The molecule has 1 aliphatic rings. The van der Waals surface area contributed by atoms with Crippen LogP contribution in [0.3, 0.4) is 0 Å². The SMILES string of the molecule is CS(=O)(=O)N1CC(C(=O)Nc2ccc(S(=O)(=O)Nc3ncccn3)cc2)Oc2ccc(Cl)cc21. The second kappa shape index (κ2) is 9.08. The minimum Gasteiger partial charge on any atom is -0.476 e. The molecular formula is C20H18ClN5O6S2. The molecule has 0 spiro atoms. The molecule has 0 fully saturated rings. The Morgan fingerprint density at radius 2 is 1.76 bits per heavy atom. The summed E-state index contributed by atoms with van der Waals surface area (Å²) in [6, 6.07) is 11.4. The normalized spacial score (nSPS) is 15.7. The summed E-state index contributed by atoms with van der Waals surface area (Å²) in [5, 5.41) is 2.92. The number of amides is 1. The molecule has 2 heterocycles. The fourth-order valence-electron chi connectivity index (χ4n) is 3.15. The van der Waals surface area contributed by atoms with Gasteiger partial charge in [0.05, 0.1) is 23.4 Å². The van der Waals surface area contributed by atoms with Gasteiger partial charge in [0.25, 0.3) is 15.9 Å². The van der Waals surface area contributed by atoms with Crippen molar-refractivity contribution in [3.8, 4) is 5.75 Å². The largest absolute Gasteiger partial charge is 0.476 e. The topological polar surface area (TPSA) is 148 Å². The van der Waals surface area contributed by atoms with Crippen molar-refractivity contribution in [3.05, 3.63) is 65.9 Å². The Bertz CT molecular complexity index is 1430. The zero-order valence-electron chi connectivity index (χ0n) is 17.5. The van der Waals surface area contributed by atoms with E-state index in [0.717, 1.165) is 10.6 Å². The molecule has 1 atom stereocenters. The van der Waals surface area contributed by atoms with Crippen LogP contribution in [0.25, 0.3) is 0 Å². The number of rotatable bonds is 6. The number of sulfonamides is 2. The Morgan fingerprint density at radius 3 is 2.41 bits per heavy atom. The van der Waals surface area contributed by atoms with Crippen LogP contribution in [0.5, 0.6) is 5.75 Å². The van der Waals surface area contributed by atoms with Crippen LogP contribution in [0.15, 0.2) is 65.8 Å². The number of carbonyl (C=O) groups excluding carboxylic acids is 1. The Hall–Kier alpha value is -3.42. The van der Waals surface area contributed by atoms with E-state index in [0.29, 0.717) is 5.02 Å². The van der Waals surface area contributed by atoms with Crippen molar-refractivity contribution in [2.75, 3.05) is 27.1 Å². The van der Waals surface area contributed by atoms with Gasteiger partial charge in [0.2, 0.25) is 16.0 Å². The van der Waals surface area contributed by atoms with Crippen LogP contribution in [0.1, 0.15) is 0 Å². The number of carbonyl (C=O) groups is 1. The smallest absolute Gasteiger partial charge is 0.267 e. The number of hydrogen-bond acceptors (Lipinski definition) is 8. The molecule has 0 bridgehead atoms. The summed E-state index contributed by atoms with van der Waals surface area (Å²) in [6.45, 7) is -0.258. The molecule has 11 nitrogen and oxygen atoms in total. The summed E-state index contributed by atoms with van der Waals surface area (Å²) < 4.78 is 58.5. The fraction of sp³-hybridized carbons (Fsp3) is 0.150. The van der Waals surface area contributed by atoms with Gasteiger partial charge in [-0.05, 0) is 48.5 Å². The van der Waals surface area contributed by atoms with Crippen LogP contribution in [0, 0.1) is 0 Å². The summed E-state index contributed by atoms with van der Waals surface area (Å²) in [6.07, 6.45) is 2.67. The van der Waals surface area contributed by atoms with Crippen molar-refractivity contribution in [1.82, 2.24) is 9.97 Å². The number of ether oxygens (including phenoxy) is 1. The maximum Gasteiger partial charge on any atom is 0.267 e. The molecule has 1 amide bonds. The Morgan fingerprint density at radius 1 is 1.09 bits per heavy atom. The van der Waals surface area contributed by atoms with Crippen LogP contribution in [0.4, 0.5) is 17.3 Å². The van der Waals surface area contributed by atoms with Gasteiger partial charge < -0.3 is 10.1 Å². The molecule has 2 aromatic carbocycles. The van der Waals surface area contributed by atoms with Crippen molar-refractivity contribution < 1.29 is 26.4 Å². The molecule has 0 saturated carbocycles. The minimum absolute atomic E-state index is 0.0686. The van der Waals surface area contributed by atoms with Crippen LogP contribution in [-0.4, -0.2) is 51.6 Å². The Labute approximate surface area is 200 Å². The number of anilines is 3. The average Bonchev–Trinajstić information content (AvgIpc) is 2.78. The molecule has 0 radical (unpaired) electrons. The van der Waals surface area contributed by atoms with Gasteiger partial charge in [-0.3, -0.25) is 9.10 Å². The van der Waals surface area contributed by atoms with E-state index in [2.05, 4.69) is 20.0 Å². The van der Waals surface area contributed by atoms with Gasteiger partial charge in [0.1, 0.15) is 5.75 Å². The van der Waals surface area contributed by atoms with Gasteiger partial charge >= 0.3 is 0 Å². The summed E-state index contributed by atoms with van der Waals surface area (Å²) in [5.74, 6) is -0.496. The maximum absolute atomic E-state index is 12.8. The molecule has 3 aromatic rings. The highest BCUT2D eigenvalue weighted by atomic mass is 35.5. The lowest BCUT2D eigenvalue weighted by molar-refractivity contribution is -0.122. The number of benzene rings is 2. The lowest BCUT2D eigenvalue weighted by Gasteiger charge is -2.34. The monoisotopic (exact) mass is 523 g/mol. The third-order valence-electron chi connectivity index (χ3n) is 4.71. The van der Waals surface area contributed by atoms with Crippen LogP contribution in [0.2, 0.25) is 5.02 Å². The highest BCUT2D eigenvalue weighted by Gasteiger charge is 2.35. The van der Waals surface area contributed by atoms with E-state index in [1.54, 1.807) is 6.07 Å². The van der Waals surface area contributed by atoms with Crippen molar-refractivity contribution >= 4 is 54.9 Å². The second-order valence-corrected chi connectivity index (χ2v) is 11.2. The number of halogens is 1. The first kappa shape index (κ1) is 23.7. The summed E-state index contributed by atoms with van der Waals surface area (Å²) in [7, 11) is -7.65. The summed E-state index contributed by atoms with van der Waals surface area (Å²) in [5.41, 5.74) is 0.528. The van der Waals surface area contributed by atoms with Gasteiger partial charge in [-0.25, -0.2) is 31.5 Å². The van der Waals surface area contributed by atoms with Crippen LogP contribution >= 0.6 is 11.6 Å². The first-order valence-electron chi connectivity index (χ1n) is 9.68. The first-order valence-corrected chi connectivity index (χ1v) is 13.4. The number of aromatic nitrogens is 2. The maximum atomic E-state index is 12.8. The van der Waals surface area contributed by atoms with Gasteiger partial charge in [-0.2, -0.15) is 0 Å². The number of nitrogens with one attached hydrogen (secondary N) is 2. The van der Waals surface area contributed by atoms with E-state index in [1.165, 1.54) is 54.9 Å². The van der Waals surface area contributed by atoms with E-state index in [-0.39, 0.29) is 34.5 Å². The Kier molecular flexibility index (Phi) is 6.34. The highest BCUT2D eigenvalue weighted by Crippen LogP contribution is 2.37. The van der Waals surface area contributed by atoms with Gasteiger partial charge in [-0.1, -0.05) is 11.6 Å². The second-order valence-electron chi connectivity index (χ2n) is 7.20. The molecule has 178 valence electrons. The molecule has 2 N–H and O–H groups in total. The minimum atomic E-state index is -3.94. The molecule has 4 rings (SSSR count). The number of hydrogen-bond donors (Lipinski definition) is 2. The molecule has 0 saturated heterocycles. The first-order chi connectivity index (χ1) is 16.0. The molecule has 1 aromatic heterocycles. The fourth-order valence-corrected chi connectivity index (χ4v) is 5.18. The van der Waals surface area contributed by atoms with Crippen LogP contribution in [-0.2, 0) is 24.8 Å². The van der Waals surface area contributed by atoms with E-state index < -0.39 is 32.1 Å². The third kappa shape index (κ3) is 5.21. The summed E-state index contributed by atoms with van der Waals surface area (Å²) in [4.78, 5) is 20.4. The standard InChI is InChI=1S/C20H18ClN5O6S2/c1-33(28,29)26-12-18(32-17-8-3-13(21)11-16(17)26)19(27)24-14-4-6-15(7-5-14)34(30,31)25-20-22-9-2-10-23-20/h2-11,18H,12H2,1H3,(H,24,27)(H,22,23,25). The van der Waals surface area contributed by atoms with E-state index in [1.807, 2.05) is 0 Å². The predicted octanol–water partition coefficient (Wildman–Crippen LogP) is 2.10. The van der Waals surface area contributed by atoms with E-state index >= 15 is 0 Å². The third-order valence-corrected chi connectivity index (χ3v) is 7.43. The zero-order chi connectivity index (χ0) is 24.5.